The zero-order chi connectivity index (χ0) is 16.1. The fourth-order valence-electron chi connectivity index (χ4n) is 3.08. The van der Waals surface area contributed by atoms with Crippen LogP contribution in [0.5, 0.6) is 11.5 Å². The summed E-state index contributed by atoms with van der Waals surface area (Å²) in [6.45, 7) is 9.23. The predicted molar refractivity (Wildman–Crippen MR) is 90.5 cm³/mol. The molecule has 4 nitrogen and oxygen atoms in total. The molecule has 124 valence electrons. The summed E-state index contributed by atoms with van der Waals surface area (Å²) in [6, 6.07) is 6.46. The van der Waals surface area contributed by atoms with E-state index in [4.69, 9.17) is 15.2 Å². The summed E-state index contributed by atoms with van der Waals surface area (Å²) in [4.78, 5) is 2.50. The van der Waals surface area contributed by atoms with Crippen molar-refractivity contribution in [2.24, 2.45) is 11.7 Å². The predicted octanol–water partition coefficient (Wildman–Crippen LogP) is 3.21. The Morgan fingerprint density at radius 1 is 1.23 bits per heavy atom. The molecule has 0 bridgehead atoms. The molecule has 2 N–H and O–H groups in total. The van der Waals surface area contributed by atoms with E-state index in [1.807, 2.05) is 19.9 Å². The fraction of sp³-hybridized carbons (Fsp3) is 0.667. The van der Waals surface area contributed by atoms with Crippen LogP contribution >= 0.6 is 0 Å². The topological polar surface area (TPSA) is 47.7 Å². The molecule has 1 heterocycles. The van der Waals surface area contributed by atoms with Gasteiger partial charge in [-0.15, -0.1) is 0 Å². The standard InChI is InChI=1S/C18H30N2O2/c1-13(2)22-17-6-5-15(11-18(17)21-4)16(12-19)20-9-7-14(3)8-10-20/h5-6,11,13-14,16H,7-10,12,19H2,1-4H3. The van der Waals surface area contributed by atoms with E-state index in [9.17, 15) is 0 Å². The number of hydrogen-bond donors (Lipinski definition) is 1. The summed E-state index contributed by atoms with van der Waals surface area (Å²) in [5.41, 5.74) is 7.28. The average Bonchev–Trinajstić information content (AvgIpc) is 2.50. The first-order valence-electron chi connectivity index (χ1n) is 8.33. The van der Waals surface area contributed by atoms with Crippen LogP contribution in [0, 0.1) is 5.92 Å². The van der Waals surface area contributed by atoms with E-state index >= 15 is 0 Å². The van der Waals surface area contributed by atoms with Crippen molar-refractivity contribution in [1.82, 2.24) is 4.90 Å². The van der Waals surface area contributed by atoms with Crippen LogP contribution in [-0.4, -0.2) is 37.7 Å². The minimum absolute atomic E-state index is 0.133. The second-order valence-electron chi connectivity index (χ2n) is 6.55. The molecule has 0 amide bonds. The summed E-state index contributed by atoms with van der Waals surface area (Å²) in [7, 11) is 1.69. The van der Waals surface area contributed by atoms with Crippen molar-refractivity contribution in [2.45, 2.75) is 45.8 Å². The maximum absolute atomic E-state index is 6.07. The molecule has 4 heteroatoms. The highest BCUT2D eigenvalue weighted by Crippen LogP contribution is 2.33. The number of nitrogens with two attached hydrogens (primary N) is 1. The molecular weight excluding hydrogens is 276 g/mol. The number of nitrogens with zero attached hydrogens (tertiary/aromatic N) is 1. The van der Waals surface area contributed by atoms with E-state index in [-0.39, 0.29) is 12.1 Å². The van der Waals surface area contributed by atoms with E-state index in [0.29, 0.717) is 6.54 Å². The van der Waals surface area contributed by atoms with E-state index in [0.717, 1.165) is 30.5 Å². The number of likely N-dealkylation sites (tertiary alicyclic amines) is 1. The number of piperidine rings is 1. The third-order valence-electron chi connectivity index (χ3n) is 4.42. The van der Waals surface area contributed by atoms with Gasteiger partial charge in [0.1, 0.15) is 0 Å². The lowest BCUT2D eigenvalue weighted by Crippen LogP contribution is -2.39. The Labute approximate surface area is 134 Å². The normalized spacial score (nSPS) is 18.5. The molecular formula is C18H30N2O2. The van der Waals surface area contributed by atoms with Gasteiger partial charge >= 0.3 is 0 Å². The van der Waals surface area contributed by atoms with Gasteiger partial charge < -0.3 is 15.2 Å². The Morgan fingerprint density at radius 2 is 1.91 bits per heavy atom. The summed E-state index contributed by atoms with van der Waals surface area (Å²) in [5, 5.41) is 0. The van der Waals surface area contributed by atoms with Crippen LogP contribution < -0.4 is 15.2 Å². The molecule has 1 atom stereocenters. The molecule has 22 heavy (non-hydrogen) atoms. The molecule has 0 radical (unpaired) electrons. The maximum atomic E-state index is 6.07. The van der Waals surface area contributed by atoms with Crippen molar-refractivity contribution >= 4 is 0 Å². The molecule has 1 unspecified atom stereocenters. The van der Waals surface area contributed by atoms with E-state index in [1.54, 1.807) is 7.11 Å². The lowest BCUT2D eigenvalue weighted by atomic mass is 9.95. The highest BCUT2D eigenvalue weighted by Gasteiger charge is 2.24. The highest BCUT2D eigenvalue weighted by atomic mass is 16.5. The average molecular weight is 306 g/mol. The molecule has 0 saturated carbocycles. The first kappa shape index (κ1) is 17.1. The second kappa shape index (κ2) is 7.84. The van der Waals surface area contributed by atoms with Crippen molar-refractivity contribution in [2.75, 3.05) is 26.7 Å². The molecule has 0 spiro atoms. The van der Waals surface area contributed by atoms with Gasteiger partial charge in [0.05, 0.1) is 13.2 Å². The lowest BCUT2D eigenvalue weighted by molar-refractivity contribution is 0.141. The SMILES string of the molecule is COc1cc(C(CN)N2CCC(C)CC2)ccc1OC(C)C. The zero-order valence-corrected chi connectivity index (χ0v) is 14.3. The van der Waals surface area contributed by atoms with Gasteiger partial charge in [0.15, 0.2) is 11.5 Å². The minimum Gasteiger partial charge on any atom is -0.493 e. The van der Waals surface area contributed by atoms with Crippen LogP contribution in [0.2, 0.25) is 0 Å². The van der Waals surface area contributed by atoms with Crippen LogP contribution in [0.3, 0.4) is 0 Å². The van der Waals surface area contributed by atoms with E-state index < -0.39 is 0 Å². The van der Waals surface area contributed by atoms with Crippen LogP contribution in [0.4, 0.5) is 0 Å². The second-order valence-corrected chi connectivity index (χ2v) is 6.55. The Bertz CT molecular complexity index is 468. The van der Waals surface area contributed by atoms with Crippen LogP contribution in [0.1, 0.15) is 45.2 Å². The van der Waals surface area contributed by atoms with Gasteiger partial charge in [-0.3, -0.25) is 4.90 Å². The highest BCUT2D eigenvalue weighted by molar-refractivity contribution is 5.44. The van der Waals surface area contributed by atoms with Gasteiger partial charge in [-0.05, 0) is 63.4 Å². The Kier molecular flexibility index (Phi) is 6.09. The zero-order valence-electron chi connectivity index (χ0n) is 14.3. The fourth-order valence-corrected chi connectivity index (χ4v) is 3.08. The van der Waals surface area contributed by atoms with Gasteiger partial charge in [0.2, 0.25) is 0 Å². The number of hydrogen-bond acceptors (Lipinski definition) is 4. The van der Waals surface area contributed by atoms with Crippen LogP contribution in [0.25, 0.3) is 0 Å². The van der Waals surface area contributed by atoms with Gasteiger partial charge in [-0.2, -0.15) is 0 Å². The number of benzene rings is 1. The molecule has 0 aromatic heterocycles. The van der Waals surface area contributed by atoms with Crippen molar-refractivity contribution in [1.29, 1.82) is 0 Å². The minimum atomic E-state index is 0.133. The summed E-state index contributed by atoms with van der Waals surface area (Å²) in [6.07, 6.45) is 2.64. The van der Waals surface area contributed by atoms with E-state index in [2.05, 4.69) is 24.0 Å². The monoisotopic (exact) mass is 306 g/mol. The first-order chi connectivity index (χ1) is 10.5. The Balaban J connectivity index is 2.18. The quantitative estimate of drug-likeness (QED) is 0.876. The molecule has 1 fully saturated rings. The number of methoxy groups -OCH3 is 1. The van der Waals surface area contributed by atoms with Crippen LogP contribution in [0.15, 0.2) is 18.2 Å². The van der Waals surface area contributed by atoms with Gasteiger partial charge in [0.25, 0.3) is 0 Å². The molecule has 0 aliphatic carbocycles. The Hall–Kier alpha value is -1.26. The summed E-state index contributed by atoms with van der Waals surface area (Å²) < 4.78 is 11.3. The Morgan fingerprint density at radius 3 is 2.45 bits per heavy atom. The smallest absolute Gasteiger partial charge is 0.161 e. The van der Waals surface area contributed by atoms with Gasteiger partial charge in [-0.25, -0.2) is 0 Å². The summed E-state index contributed by atoms with van der Waals surface area (Å²) in [5.74, 6) is 2.41. The third kappa shape index (κ3) is 4.14. The molecule has 1 aromatic rings. The first-order valence-corrected chi connectivity index (χ1v) is 8.33. The molecule has 1 aliphatic heterocycles. The van der Waals surface area contributed by atoms with E-state index in [1.165, 1.54) is 18.4 Å². The summed E-state index contributed by atoms with van der Waals surface area (Å²) >= 11 is 0. The number of ether oxygens (including phenoxy) is 2. The molecule has 1 saturated heterocycles. The van der Waals surface area contributed by atoms with Crippen molar-refractivity contribution in [3.8, 4) is 11.5 Å². The van der Waals surface area contributed by atoms with Crippen molar-refractivity contribution in [3.63, 3.8) is 0 Å². The number of rotatable bonds is 6. The largest absolute Gasteiger partial charge is 0.493 e. The van der Waals surface area contributed by atoms with Gasteiger partial charge in [-0.1, -0.05) is 13.0 Å². The van der Waals surface area contributed by atoms with Crippen LogP contribution in [-0.2, 0) is 0 Å². The lowest BCUT2D eigenvalue weighted by Gasteiger charge is -2.36. The van der Waals surface area contributed by atoms with Gasteiger partial charge in [0, 0.05) is 12.6 Å². The third-order valence-corrected chi connectivity index (χ3v) is 4.42. The molecule has 2 rings (SSSR count). The molecule has 1 aromatic carbocycles. The van der Waals surface area contributed by atoms with Crippen molar-refractivity contribution in [3.05, 3.63) is 23.8 Å². The maximum Gasteiger partial charge on any atom is 0.161 e. The molecule has 1 aliphatic rings. The van der Waals surface area contributed by atoms with Crippen molar-refractivity contribution < 1.29 is 9.47 Å².